The second-order valence-electron chi connectivity index (χ2n) is 4.93. The van der Waals surface area contributed by atoms with E-state index in [0.717, 1.165) is 12.8 Å². The Morgan fingerprint density at radius 3 is 3.11 bits per heavy atom. The van der Waals surface area contributed by atoms with Crippen LogP contribution in [0.2, 0.25) is 0 Å². The van der Waals surface area contributed by atoms with Crippen molar-refractivity contribution in [1.82, 2.24) is 10.2 Å². The van der Waals surface area contributed by atoms with E-state index < -0.39 is 11.5 Å². The Hall–Kier alpha value is -1.79. The van der Waals surface area contributed by atoms with E-state index in [1.165, 1.54) is 0 Å². The van der Waals surface area contributed by atoms with Gasteiger partial charge in [0.15, 0.2) is 0 Å². The third-order valence-corrected chi connectivity index (χ3v) is 3.92. The summed E-state index contributed by atoms with van der Waals surface area (Å²) in [6, 6.07) is -0.294. The lowest BCUT2D eigenvalue weighted by Gasteiger charge is -2.38. The van der Waals surface area contributed by atoms with Crippen LogP contribution in [0.3, 0.4) is 0 Å². The Morgan fingerprint density at radius 2 is 2.42 bits per heavy atom. The molecule has 8 heteroatoms. The van der Waals surface area contributed by atoms with Crippen LogP contribution < -0.4 is 5.32 Å². The zero-order valence-corrected chi connectivity index (χ0v) is 10.6. The van der Waals surface area contributed by atoms with Crippen molar-refractivity contribution < 1.29 is 14.7 Å². The number of carboxylic acid groups (broad SMARTS) is 1. The van der Waals surface area contributed by atoms with Gasteiger partial charge in [-0.2, -0.15) is 0 Å². The predicted molar refractivity (Wildman–Crippen MR) is 66.4 cm³/mol. The highest BCUT2D eigenvalue weighted by molar-refractivity contribution is 5.93. The first-order chi connectivity index (χ1) is 9.12. The molecule has 2 rings (SSSR count). The van der Waals surface area contributed by atoms with Crippen LogP contribution in [0.4, 0.5) is 0 Å². The monoisotopic (exact) mass is 267 g/mol. The first-order valence-corrected chi connectivity index (χ1v) is 6.40. The fraction of sp³-hybridized carbons (Fsp3) is 0.818. The number of hydrogen-bond acceptors (Lipinski definition) is 4. The number of nitrogens with zero attached hydrogens (tertiary/aromatic N) is 4. The number of carbonyl (C=O) groups is 2. The first kappa shape index (κ1) is 13.6. The van der Waals surface area contributed by atoms with E-state index in [4.69, 9.17) is 5.53 Å². The Labute approximate surface area is 110 Å². The average molecular weight is 267 g/mol. The number of carbonyl (C=O) groups excluding carboxylic acids is 1. The van der Waals surface area contributed by atoms with Crippen molar-refractivity contribution in [3.8, 4) is 0 Å². The summed E-state index contributed by atoms with van der Waals surface area (Å²) < 4.78 is 0. The second-order valence-corrected chi connectivity index (χ2v) is 4.93. The number of piperidine rings is 1. The van der Waals surface area contributed by atoms with Crippen molar-refractivity contribution >= 4 is 11.9 Å². The molecule has 2 aliphatic rings. The summed E-state index contributed by atoms with van der Waals surface area (Å²) in [4.78, 5) is 27.9. The smallest absolute Gasteiger partial charge is 0.326 e. The normalized spacial score (nSPS) is 29.8. The van der Waals surface area contributed by atoms with Crippen molar-refractivity contribution in [1.29, 1.82) is 0 Å². The highest BCUT2D eigenvalue weighted by Gasteiger charge is 2.56. The molecule has 0 spiro atoms. The van der Waals surface area contributed by atoms with Gasteiger partial charge in [-0.3, -0.25) is 14.9 Å². The summed E-state index contributed by atoms with van der Waals surface area (Å²) in [6.45, 7) is 1.07. The maximum atomic E-state index is 12.0. The zero-order valence-electron chi connectivity index (χ0n) is 10.6. The van der Waals surface area contributed by atoms with Crippen LogP contribution in [0.15, 0.2) is 5.11 Å². The van der Waals surface area contributed by atoms with E-state index in [1.807, 2.05) is 0 Å². The minimum atomic E-state index is -1.23. The van der Waals surface area contributed by atoms with Gasteiger partial charge in [-0.1, -0.05) is 5.11 Å². The highest BCUT2D eigenvalue weighted by atomic mass is 16.4. The number of aliphatic carboxylic acids is 1. The van der Waals surface area contributed by atoms with Gasteiger partial charge < -0.3 is 10.0 Å². The third-order valence-electron chi connectivity index (χ3n) is 3.92. The van der Waals surface area contributed by atoms with Gasteiger partial charge in [-0.05, 0) is 24.8 Å². The van der Waals surface area contributed by atoms with Crippen molar-refractivity contribution in [2.24, 2.45) is 5.11 Å². The van der Waals surface area contributed by atoms with Crippen LogP contribution in [0.1, 0.15) is 25.7 Å². The molecule has 1 amide bonds. The summed E-state index contributed by atoms with van der Waals surface area (Å²) in [7, 11) is 0. The van der Waals surface area contributed by atoms with Crippen LogP contribution in [-0.2, 0) is 9.59 Å². The molecule has 2 N–H and O–H groups in total. The van der Waals surface area contributed by atoms with Gasteiger partial charge in [0.2, 0.25) is 5.91 Å². The lowest BCUT2D eigenvalue weighted by molar-refractivity contribution is -0.146. The molecule has 0 aromatic heterocycles. The van der Waals surface area contributed by atoms with Crippen molar-refractivity contribution in [3.63, 3.8) is 0 Å². The fourth-order valence-electron chi connectivity index (χ4n) is 3.05. The summed E-state index contributed by atoms with van der Waals surface area (Å²) in [5.74, 6) is -1.11. The van der Waals surface area contributed by atoms with Crippen LogP contribution >= 0.6 is 0 Å². The third kappa shape index (κ3) is 2.36. The van der Waals surface area contributed by atoms with E-state index in [2.05, 4.69) is 15.3 Å². The maximum Gasteiger partial charge on any atom is 0.326 e. The van der Waals surface area contributed by atoms with Gasteiger partial charge in [0.05, 0.1) is 12.5 Å². The lowest BCUT2D eigenvalue weighted by atomic mass is 9.85. The van der Waals surface area contributed by atoms with E-state index in [9.17, 15) is 14.7 Å². The molecule has 104 valence electrons. The van der Waals surface area contributed by atoms with E-state index >= 15 is 0 Å². The molecule has 2 heterocycles. The van der Waals surface area contributed by atoms with Crippen molar-refractivity contribution in [2.75, 3.05) is 19.6 Å². The number of hydrogen-bond donors (Lipinski definition) is 2. The molecule has 0 aromatic rings. The molecule has 2 saturated heterocycles. The van der Waals surface area contributed by atoms with E-state index in [1.54, 1.807) is 4.90 Å². The minimum absolute atomic E-state index is 0.0245. The Bertz CT molecular complexity index is 434. The van der Waals surface area contributed by atoms with Gasteiger partial charge in [-0.15, -0.1) is 0 Å². The number of azide groups is 1. The van der Waals surface area contributed by atoms with Crippen molar-refractivity contribution in [3.05, 3.63) is 10.4 Å². The molecule has 0 aromatic carbocycles. The second kappa shape index (κ2) is 5.46. The molecular weight excluding hydrogens is 250 g/mol. The molecule has 0 radical (unpaired) electrons. The number of amides is 1. The van der Waals surface area contributed by atoms with Crippen LogP contribution in [0, 0.1) is 0 Å². The van der Waals surface area contributed by atoms with Gasteiger partial charge in [0.25, 0.3) is 0 Å². The zero-order chi connectivity index (χ0) is 13.9. The van der Waals surface area contributed by atoms with Crippen molar-refractivity contribution in [2.45, 2.75) is 37.3 Å². The Kier molecular flexibility index (Phi) is 3.92. The predicted octanol–water partition coefficient (Wildman–Crippen LogP) is 0.494. The maximum absolute atomic E-state index is 12.0. The molecule has 8 nitrogen and oxygen atoms in total. The summed E-state index contributed by atoms with van der Waals surface area (Å²) in [6.07, 6.45) is 2.54. The van der Waals surface area contributed by atoms with Crippen LogP contribution in [0.25, 0.3) is 10.4 Å². The van der Waals surface area contributed by atoms with E-state index in [-0.39, 0.29) is 31.5 Å². The Balaban J connectivity index is 2.16. The Morgan fingerprint density at radius 1 is 1.63 bits per heavy atom. The molecule has 2 atom stereocenters. The molecule has 0 bridgehead atoms. The van der Waals surface area contributed by atoms with Gasteiger partial charge in [0, 0.05) is 24.5 Å². The van der Waals surface area contributed by atoms with Gasteiger partial charge >= 0.3 is 5.97 Å². The molecule has 0 aliphatic carbocycles. The molecular formula is C11H17N5O3. The number of carboxylic acids is 1. The molecule has 2 fully saturated rings. The first-order valence-electron chi connectivity index (χ1n) is 6.40. The van der Waals surface area contributed by atoms with Gasteiger partial charge in [0.1, 0.15) is 5.54 Å². The standard InChI is InChI=1S/C11H17N5O3/c12-15-14-5-4-13-11(10(18)19)7-9(17)16-6-2-1-3-8(11)16/h8,13H,1-7H2,(H,18,19). The highest BCUT2D eigenvalue weighted by Crippen LogP contribution is 2.36. The van der Waals surface area contributed by atoms with Gasteiger partial charge in [-0.25, -0.2) is 0 Å². The quantitative estimate of drug-likeness (QED) is 0.326. The lowest BCUT2D eigenvalue weighted by Crippen LogP contribution is -2.61. The summed E-state index contributed by atoms with van der Waals surface area (Å²) >= 11 is 0. The number of fused-ring (bicyclic) bond motifs is 1. The molecule has 0 saturated carbocycles. The largest absolute Gasteiger partial charge is 0.480 e. The van der Waals surface area contributed by atoms with E-state index in [0.29, 0.717) is 13.0 Å². The number of nitrogens with one attached hydrogen (secondary N) is 1. The topological polar surface area (TPSA) is 118 Å². The van der Waals surface area contributed by atoms with Crippen LogP contribution in [0.5, 0.6) is 0 Å². The molecule has 2 unspecified atom stereocenters. The minimum Gasteiger partial charge on any atom is -0.480 e. The summed E-state index contributed by atoms with van der Waals surface area (Å²) in [5.41, 5.74) is 6.98. The SMILES string of the molecule is [N-]=[N+]=NCCNC1(C(=O)O)CC(=O)N2CCCCC21. The fourth-order valence-corrected chi connectivity index (χ4v) is 3.05. The summed E-state index contributed by atoms with van der Waals surface area (Å²) in [5, 5.41) is 15.8. The average Bonchev–Trinajstić information content (AvgIpc) is 2.70. The number of rotatable bonds is 5. The van der Waals surface area contributed by atoms with Crippen LogP contribution in [-0.4, -0.2) is 53.1 Å². The molecule has 19 heavy (non-hydrogen) atoms. The molecule has 2 aliphatic heterocycles.